The van der Waals surface area contributed by atoms with Crippen LogP contribution < -0.4 is 5.32 Å². The number of carbonyl (C=O) groups is 1. The molecular weight excluding hydrogens is 299 g/mol. The Morgan fingerprint density at radius 1 is 1.52 bits per heavy atom. The summed E-state index contributed by atoms with van der Waals surface area (Å²) in [6.07, 6.45) is -1.28. The van der Waals surface area contributed by atoms with Gasteiger partial charge in [-0.05, 0) is 26.0 Å². The molecule has 0 unspecified atom stereocenters. The fourth-order valence-corrected chi connectivity index (χ4v) is 2.15. The summed E-state index contributed by atoms with van der Waals surface area (Å²) >= 11 is 5.89. The lowest BCUT2D eigenvalue weighted by Gasteiger charge is -2.21. The van der Waals surface area contributed by atoms with Crippen molar-refractivity contribution in [3.63, 3.8) is 0 Å². The van der Waals surface area contributed by atoms with E-state index in [4.69, 9.17) is 16.1 Å². The van der Waals surface area contributed by atoms with Gasteiger partial charge in [-0.15, -0.1) is 0 Å². The van der Waals surface area contributed by atoms with Crippen LogP contribution >= 0.6 is 11.6 Å². The van der Waals surface area contributed by atoms with Crippen LogP contribution in [0.5, 0.6) is 0 Å². The van der Waals surface area contributed by atoms with Crippen molar-refractivity contribution in [1.29, 1.82) is 0 Å². The topological polar surface area (TPSA) is 75.4 Å². The molecule has 5 nitrogen and oxygen atoms in total. The Kier molecular flexibility index (Phi) is 4.59. The molecule has 0 aliphatic carbocycles. The Balaban J connectivity index is 2.13. The number of hydrogen-bond acceptors (Lipinski definition) is 4. The minimum absolute atomic E-state index is 0.0525. The Labute approximate surface area is 125 Å². The third-order valence-electron chi connectivity index (χ3n) is 2.99. The van der Waals surface area contributed by atoms with Crippen molar-refractivity contribution in [2.45, 2.75) is 26.0 Å². The lowest BCUT2D eigenvalue weighted by atomic mass is 10.0. The van der Waals surface area contributed by atoms with Gasteiger partial charge in [0.2, 0.25) is 0 Å². The maximum absolute atomic E-state index is 13.7. The van der Waals surface area contributed by atoms with E-state index in [9.17, 15) is 14.3 Å². The highest BCUT2D eigenvalue weighted by atomic mass is 35.5. The molecule has 0 aliphatic heterocycles. The first kappa shape index (κ1) is 15.5. The quantitative estimate of drug-likeness (QED) is 0.910. The Morgan fingerprint density at radius 2 is 2.24 bits per heavy atom. The van der Waals surface area contributed by atoms with E-state index in [2.05, 4.69) is 10.5 Å². The number of hydrogen-bond donors (Lipinski definition) is 2. The van der Waals surface area contributed by atoms with Gasteiger partial charge in [0.25, 0.3) is 5.91 Å². The minimum atomic E-state index is -1.28. The lowest BCUT2D eigenvalue weighted by Crippen LogP contribution is -2.37. The second kappa shape index (κ2) is 6.24. The first-order valence-electron chi connectivity index (χ1n) is 6.26. The molecule has 1 aromatic heterocycles. The van der Waals surface area contributed by atoms with Gasteiger partial charge in [-0.25, -0.2) is 4.39 Å². The monoisotopic (exact) mass is 312 g/mol. The summed E-state index contributed by atoms with van der Waals surface area (Å²) in [5.41, 5.74) is 0.0366. The number of amides is 1. The van der Waals surface area contributed by atoms with Crippen LogP contribution in [0.4, 0.5) is 4.39 Å². The Hall–Kier alpha value is -1.92. The van der Waals surface area contributed by atoms with E-state index >= 15 is 0 Å². The van der Waals surface area contributed by atoms with Crippen molar-refractivity contribution in [2.75, 3.05) is 0 Å². The van der Waals surface area contributed by atoms with Gasteiger partial charge >= 0.3 is 0 Å². The lowest BCUT2D eigenvalue weighted by molar-refractivity contribution is 0.0837. The van der Waals surface area contributed by atoms with Crippen molar-refractivity contribution < 1.29 is 18.8 Å². The maximum Gasteiger partial charge on any atom is 0.273 e. The molecule has 2 aromatic rings. The number of rotatable bonds is 4. The molecule has 2 rings (SSSR count). The number of nitrogens with one attached hydrogen (secondary N) is 1. The molecule has 0 bridgehead atoms. The third-order valence-corrected chi connectivity index (χ3v) is 3.32. The number of aryl methyl sites for hydroxylation is 1. The predicted octanol–water partition coefficient (Wildman–Crippen LogP) is 2.63. The van der Waals surface area contributed by atoms with E-state index < -0.39 is 23.9 Å². The molecule has 1 aromatic carbocycles. The molecular formula is C14H14ClFN2O3. The summed E-state index contributed by atoms with van der Waals surface area (Å²) in [5.74, 6) is -0.662. The highest BCUT2D eigenvalue weighted by Gasteiger charge is 2.25. The molecule has 0 saturated heterocycles. The molecule has 112 valence electrons. The van der Waals surface area contributed by atoms with Crippen LogP contribution in [0.15, 0.2) is 28.8 Å². The number of aliphatic hydroxyl groups excluding tert-OH is 1. The van der Waals surface area contributed by atoms with Crippen LogP contribution in [0, 0.1) is 12.7 Å². The van der Waals surface area contributed by atoms with Crippen LogP contribution in [0.25, 0.3) is 0 Å². The summed E-state index contributed by atoms with van der Waals surface area (Å²) in [4.78, 5) is 11.9. The minimum Gasteiger partial charge on any atom is -0.386 e. The van der Waals surface area contributed by atoms with E-state index in [1.165, 1.54) is 31.2 Å². The zero-order valence-electron chi connectivity index (χ0n) is 11.4. The van der Waals surface area contributed by atoms with Crippen LogP contribution in [0.3, 0.4) is 0 Å². The largest absolute Gasteiger partial charge is 0.386 e. The van der Waals surface area contributed by atoms with Crippen molar-refractivity contribution >= 4 is 17.5 Å². The second-order valence-corrected chi connectivity index (χ2v) is 5.07. The van der Waals surface area contributed by atoms with Gasteiger partial charge in [0, 0.05) is 16.7 Å². The van der Waals surface area contributed by atoms with Gasteiger partial charge < -0.3 is 14.9 Å². The van der Waals surface area contributed by atoms with Gasteiger partial charge in [-0.2, -0.15) is 0 Å². The number of aromatic nitrogens is 1. The van der Waals surface area contributed by atoms with Gasteiger partial charge in [0.1, 0.15) is 17.7 Å². The standard InChI is InChI=1S/C14H14ClFN2O3/c1-7-6-11(18-21-7)14(20)17-8(2)13(19)12-9(15)4-3-5-10(12)16/h3-6,8,13,19H,1-2H3,(H,17,20)/t8-,13-/m1/s1. The summed E-state index contributed by atoms with van der Waals surface area (Å²) in [7, 11) is 0. The Bertz CT molecular complexity index is 639. The SMILES string of the molecule is Cc1cc(C(=O)N[C@H](C)[C@@H](O)c2c(F)cccc2Cl)no1. The number of benzene rings is 1. The van der Waals surface area contributed by atoms with Crippen LogP contribution in [-0.4, -0.2) is 22.2 Å². The summed E-state index contributed by atoms with van der Waals surface area (Å²) in [6.45, 7) is 3.19. The molecule has 7 heteroatoms. The van der Waals surface area contributed by atoms with E-state index in [0.717, 1.165) is 0 Å². The molecule has 21 heavy (non-hydrogen) atoms. The normalized spacial score (nSPS) is 13.8. The van der Waals surface area contributed by atoms with Crippen molar-refractivity contribution in [1.82, 2.24) is 10.5 Å². The molecule has 1 amide bonds. The molecule has 0 fully saturated rings. The summed E-state index contributed by atoms with van der Waals surface area (Å²) < 4.78 is 18.5. The highest BCUT2D eigenvalue weighted by molar-refractivity contribution is 6.31. The number of aliphatic hydroxyl groups is 1. The van der Waals surface area contributed by atoms with E-state index in [-0.39, 0.29) is 16.3 Å². The van der Waals surface area contributed by atoms with E-state index in [0.29, 0.717) is 5.76 Å². The zero-order valence-corrected chi connectivity index (χ0v) is 12.2. The number of nitrogens with zero attached hydrogens (tertiary/aromatic N) is 1. The average Bonchev–Trinajstić information content (AvgIpc) is 2.85. The highest BCUT2D eigenvalue weighted by Crippen LogP contribution is 2.27. The van der Waals surface area contributed by atoms with Gasteiger partial charge in [0.05, 0.1) is 6.04 Å². The summed E-state index contributed by atoms with van der Waals surface area (Å²) in [5, 5.41) is 16.4. The fourth-order valence-electron chi connectivity index (χ4n) is 1.88. The van der Waals surface area contributed by atoms with Crippen molar-refractivity contribution in [3.8, 4) is 0 Å². The molecule has 0 radical (unpaired) electrons. The Morgan fingerprint density at radius 3 is 2.81 bits per heavy atom. The van der Waals surface area contributed by atoms with Crippen LogP contribution in [0.2, 0.25) is 5.02 Å². The van der Waals surface area contributed by atoms with Gasteiger partial charge in [-0.3, -0.25) is 4.79 Å². The van der Waals surface area contributed by atoms with Crippen LogP contribution in [-0.2, 0) is 0 Å². The zero-order chi connectivity index (χ0) is 15.6. The fraction of sp³-hybridized carbons (Fsp3) is 0.286. The molecule has 1 heterocycles. The van der Waals surface area contributed by atoms with E-state index in [1.807, 2.05) is 0 Å². The van der Waals surface area contributed by atoms with Crippen LogP contribution in [0.1, 0.15) is 34.8 Å². The van der Waals surface area contributed by atoms with Gasteiger partial charge in [-0.1, -0.05) is 22.8 Å². The number of halogens is 2. The number of carbonyl (C=O) groups excluding carboxylic acids is 1. The molecule has 2 N–H and O–H groups in total. The predicted molar refractivity (Wildman–Crippen MR) is 74.5 cm³/mol. The molecule has 0 spiro atoms. The van der Waals surface area contributed by atoms with Crippen molar-refractivity contribution in [2.24, 2.45) is 0 Å². The average molecular weight is 313 g/mol. The first-order valence-corrected chi connectivity index (χ1v) is 6.64. The first-order chi connectivity index (χ1) is 9.90. The smallest absolute Gasteiger partial charge is 0.273 e. The summed E-state index contributed by atoms with van der Waals surface area (Å²) in [6, 6.07) is 4.81. The maximum atomic E-state index is 13.7. The molecule has 0 saturated carbocycles. The van der Waals surface area contributed by atoms with Gasteiger partial charge in [0.15, 0.2) is 5.69 Å². The molecule has 2 atom stereocenters. The third kappa shape index (κ3) is 3.40. The second-order valence-electron chi connectivity index (χ2n) is 4.67. The molecule has 0 aliphatic rings. The van der Waals surface area contributed by atoms with Crippen molar-refractivity contribution in [3.05, 3.63) is 52.1 Å². The van der Waals surface area contributed by atoms with E-state index in [1.54, 1.807) is 6.92 Å².